The van der Waals surface area contributed by atoms with E-state index in [0.29, 0.717) is 5.92 Å². The van der Waals surface area contributed by atoms with Gasteiger partial charge in [0.15, 0.2) is 0 Å². The van der Waals surface area contributed by atoms with Gasteiger partial charge in [-0.3, -0.25) is 4.57 Å². The fourth-order valence-corrected chi connectivity index (χ4v) is 2.06. The van der Waals surface area contributed by atoms with Crippen LogP contribution in [0, 0.1) is 0 Å². The van der Waals surface area contributed by atoms with Crippen molar-refractivity contribution in [1.29, 1.82) is 0 Å². The molecule has 3 heteroatoms. The SMILES string of the molecule is Cn1c(=O)[nH]c2cccc(C3CC3)c21. The number of H-pyrrole nitrogens is 1. The number of aromatic amines is 1. The monoisotopic (exact) mass is 188 g/mol. The zero-order chi connectivity index (χ0) is 9.71. The summed E-state index contributed by atoms with van der Waals surface area (Å²) in [6.45, 7) is 0. The van der Waals surface area contributed by atoms with Crippen molar-refractivity contribution in [3.63, 3.8) is 0 Å². The summed E-state index contributed by atoms with van der Waals surface area (Å²) in [6, 6.07) is 6.11. The molecule has 1 aromatic carbocycles. The van der Waals surface area contributed by atoms with E-state index in [9.17, 15) is 4.79 Å². The number of para-hydroxylation sites is 1. The van der Waals surface area contributed by atoms with E-state index in [1.54, 1.807) is 4.57 Å². The Balaban J connectivity index is 2.43. The number of aromatic nitrogens is 2. The van der Waals surface area contributed by atoms with Gasteiger partial charge >= 0.3 is 5.69 Å². The summed E-state index contributed by atoms with van der Waals surface area (Å²) in [5.41, 5.74) is 3.35. The molecule has 1 fully saturated rings. The van der Waals surface area contributed by atoms with E-state index in [0.717, 1.165) is 11.0 Å². The molecule has 0 aliphatic heterocycles. The molecule has 14 heavy (non-hydrogen) atoms. The van der Waals surface area contributed by atoms with Crippen molar-refractivity contribution < 1.29 is 0 Å². The van der Waals surface area contributed by atoms with E-state index < -0.39 is 0 Å². The van der Waals surface area contributed by atoms with Crippen LogP contribution in [0.25, 0.3) is 11.0 Å². The minimum atomic E-state index is -0.0203. The van der Waals surface area contributed by atoms with Gasteiger partial charge in [-0.1, -0.05) is 12.1 Å². The standard InChI is InChI=1S/C11H12N2O/c1-13-10-8(7-5-6-7)3-2-4-9(10)12-11(13)14/h2-4,7H,5-6H2,1H3,(H,12,14). The van der Waals surface area contributed by atoms with Gasteiger partial charge in [-0.2, -0.15) is 0 Å². The second-order valence-corrected chi connectivity index (χ2v) is 4.01. The number of nitrogens with zero attached hydrogens (tertiary/aromatic N) is 1. The molecule has 1 aromatic heterocycles. The Labute approximate surface area is 81.4 Å². The van der Waals surface area contributed by atoms with Gasteiger partial charge in [-0.25, -0.2) is 4.79 Å². The normalized spacial score (nSPS) is 16.4. The predicted octanol–water partition coefficient (Wildman–Crippen LogP) is 1.74. The van der Waals surface area contributed by atoms with E-state index in [4.69, 9.17) is 0 Å². The lowest BCUT2D eigenvalue weighted by Crippen LogP contribution is -2.12. The van der Waals surface area contributed by atoms with Crippen LogP contribution in [0.2, 0.25) is 0 Å². The van der Waals surface area contributed by atoms with Gasteiger partial charge in [-0.15, -0.1) is 0 Å². The highest BCUT2D eigenvalue weighted by atomic mass is 16.1. The summed E-state index contributed by atoms with van der Waals surface area (Å²) in [5.74, 6) is 0.681. The van der Waals surface area contributed by atoms with E-state index in [1.165, 1.54) is 18.4 Å². The summed E-state index contributed by atoms with van der Waals surface area (Å²) >= 11 is 0. The minimum absolute atomic E-state index is 0.0203. The molecule has 1 aliphatic rings. The first-order valence-corrected chi connectivity index (χ1v) is 4.95. The van der Waals surface area contributed by atoms with Crippen LogP contribution in [0.4, 0.5) is 0 Å². The average Bonchev–Trinajstić information content (AvgIpc) is 2.96. The van der Waals surface area contributed by atoms with Crippen LogP contribution < -0.4 is 5.69 Å². The Kier molecular flexibility index (Phi) is 1.40. The topological polar surface area (TPSA) is 37.8 Å². The first-order valence-electron chi connectivity index (χ1n) is 4.95. The van der Waals surface area contributed by atoms with E-state index >= 15 is 0 Å². The van der Waals surface area contributed by atoms with Crippen LogP contribution in [-0.2, 0) is 7.05 Å². The first-order chi connectivity index (χ1) is 6.77. The third kappa shape index (κ3) is 0.953. The summed E-state index contributed by atoms with van der Waals surface area (Å²) < 4.78 is 1.71. The molecule has 0 amide bonds. The highest BCUT2D eigenvalue weighted by Crippen LogP contribution is 2.42. The molecule has 1 N–H and O–H groups in total. The van der Waals surface area contributed by atoms with Gasteiger partial charge in [0.25, 0.3) is 0 Å². The van der Waals surface area contributed by atoms with Gasteiger partial charge in [0.1, 0.15) is 0 Å². The van der Waals surface area contributed by atoms with Crippen molar-refractivity contribution in [2.75, 3.05) is 0 Å². The molecule has 0 spiro atoms. The second-order valence-electron chi connectivity index (χ2n) is 4.01. The van der Waals surface area contributed by atoms with Crippen molar-refractivity contribution in [1.82, 2.24) is 9.55 Å². The fourth-order valence-electron chi connectivity index (χ4n) is 2.06. The lowest BCUT2D eigenvalue weighted by Gasteiger charge is -2.01. The van der Waals surface area contributed by atoms with Crippen molar-refractivity contribution >= 4 is 11.0 Å². The third-order valence-corrected chi connectivity index (χ3v) is 2.97. The van der Waals surface area contributed by atoms with E-state index in [-0.39, 0.29) is 5.69 Å². The van der Waals surface area contributed by atoms with Crippen LogP contribution in [-0.4, -0.2) is 9.55 Å². The molecule has 0 saturated heterocycles. The summed E-state index contributed by atoms with van der Waals surface area (Å²) in [5, 5.41) is 0. The maximum atomic E-state index is 11.4. The highest BCUT2D eigenvalue weighted by Gasteiger charge is 2.26. The molecular formula is C11H12N2O. The lowest BCUT2D eigenvalue weighted by atomic mass is 10.1. The van der Waals surface area contributed by atoms with Crippen LogP contribution in [0.1, 0.15) is 24.3 Å². The van der Waals surface area contributed by atoms with Crippen LogP contribution in [0.15, 0.2) is 23.0 Å². The van der Waals surface area contributed by atoms with Crippen molar-refractivity contribution in [2.45, 2.75) is 18.8 Å². The van der Waals surface area contributed by atoms with Crippen molar-refractivity contribution in [2.24, 2.45) is 7.05 Å². The molecule has 0 bridgehead atoms. The quantitative estimate of drug-likeness (QED) is 0.727. The van der Waals surface area contributed by atoms with Crippen LogP contribution >= 0.6 is 0 Å². The maximum Gasteiger partial charge on any atom is 0.326 e. The Hall–Kier alpha value is -1.51. The molecule has 3 rings (SSSR count). The number of hydrogen-bond donors (Lipinski definition) is 1. The Morgan fingerprint density at radius 1 is 1.43 bits per heavy atom. The molecule has 0 radical (unpaired) electrons. The van der Waals surface area contributed by atoms with Crippen molar-refractivity contribution in [3.8, 4) is 0 Å². The fraction of sp³-hybridized carbons (Fsp3) is 0.364. The van der Waals surface area contributed by atoms with Crippen LogP contribution in [0.3, 0.4) is 0 Å². The second kappa shape index (κ2) is 2.50. The largest absolute Gasteiger partial charge is 0.326 e. The molecular weight excluding hydrogens is 176 g/mol. The van der Waals surface area contributed by atoms with Gasteiger partial charge in [0, 0.05) is 7.05 Å². The molecule has 72 valence electrons. The molecule has 0 atom stereocenters. The van der Waals surface area contributed by atoms with Gasteiger partial charge in [0.2, 0.25) is 0 Å². The number of nitrogens with one attached hydrogen (secondary N) is 1. The summed E-state index contributed by atoms with van der Waals surface area (Å²) in [6.07, 6.45) is 2.52. The number of rotatable bonds is 1. The van der Waals surface area contributed by atoms with Gasteiger partial charge in [0.05, 0.1) is 11.0 Å². The number of benzene rings is 1. The molecule has 0 unspecified atom stereocenters. The molecule has 1 saturated carbocycles. The van der Waals surface area contributed by atoms with Crippen molar-refractivity contribution in [3.05, 3.63) is 34.2 Å². The number of fused-ring (bicyclic) bond motifs is 1. The zero-order valence-corrected chi connectivity index (χ0v) is 8.08. The van der Waals surface area contributed by atoms with Gasteiger partial charge in [-0.05, 0) is 30.4 Å². The molecule has 1 heterocycles. The smallest absolute Gasteiger partial charge is 0.306 e. The number of imidazole rings is 1. The third-order valence-electron chi connectivity index (χ3n) is 2.97. The Bertz CT molecular complexity index is 546. The highest BCUT2D eigenvalue weighted by molar-refractivity contribution is 5.79. The van der Waals surface area contributed by atoms with E-state index in [2.05, 4.69) is 11.1 Å². The first kappa shape index (κ1) is 7.85. The molecule has 3 nitrogen and oxygen atoms in total. The number of hydrogen-bond acceptors (Lipinski definition) is 1. The molecule has 1 aliphatic carbocycles. The average molecular weight is 188 g/mol. The Morgan fingerprint density at radius 2 is 2.21 bits per heavy atom. The maximum absolute atomic E-state index is 11.4. The minimum Gasteiger partial charge on any atom is -0.306 e. The predicted molar refractivity (Wildman–Crippen MR) is 55.5 cm³/mol. The van der Waals surface area contributed by atoms with Gasteiger partial charge < -0.3 is 4.98 Å². The zero-order valence-electron chi connectivity index (χ0n) is 8.08. The number of aryl methyl sites for hydroxylation is 1. The Morgan fingerprint density at radius 3 is 2.93 bits per heavy atom. The lowest BCUT2D eigenvalue weighted by molar-refractivity contribution is 0.884. The molecule has 2 aromatic rings. The van der Waals surface area contributed by atoms with E-state index in [1.807, 2.05) is 19.2 Å². The van der Waals surface area contributed by atoms with Crippen LogP contribution in [0.5, 0.6) is 0 Å². The summed E-state index contributed by atoms with van der Waals surface area (Å²) in [7, 11) is 1.83. The summed E-state index contributed by atoms with van der Waals surface area (Å²) in [4.78, 5) is 14.3.